The molecule has 0 saturated heterocycles. The summed E-state index contributed by atoms with van der Waals surface area (Å²) in [6, 6.07) is 1.69. The second kappa shape index (κ2) is 7.81. The lowest BCUT2D eigenvalue weighted by Gasteiger charge is -2.15. The third-order valence-electron chi connectivity index (χ3n) is 3.50. The van der Waals surface area contributed by atoms with Crippen LogP contribution in [-0.2, 0) is 16.6 Å². The van der Waals surface area contributed by atoms with Crippen molar-refractivity contribution in [1.29, 1.82) is 0 Å². The van der Waals surface area contributed by atoms with Gasteiger partial charge in [0.05, 0.1) is 4.90 Å². The molecule has 1 atom stereocenters. The van der Waals surface area contributed by atoms with E-state index in [1.807, 2.05) is 6.92 Å². The number of nitrogens with one attached hydrogen (secondary N) is 3. The van der Waals surface area contributed by atoms with Gasteiger partial charge in [-0.15, -0.1) is 0 Å². The van der Waals surface area contributed by atoms with Crippen molar-refractivity contribution in [1.82, 2.24) is 15.0 Å². The lowest BCUT2D eigenvalue weighted by atomic mass is 9.99. The predicted octanol–water partition coefficient (Wildman–Crippen LogP) is 2.08. The number of H-pyrrole nitrogens is 1. The highest BCUT2D eigenvalue weighted by molar-refractivity contribution is 7.89. The normalized spacial score (nSPS) is 13.8. The lowest BCUT2D eigenvalue weighted by molar-refractivity contribution is 0.414. The predicted molar refractivity (Wildman–Crippen MR) is 82.0 cm³/mol. The van der Waals surface area contributed by atoms with Gasteiger partial charge in [-0.05, 0) is 30.9 Å². The molecule has 3 N–H and O–H groups in total. The summed E-state index contributed by atoms with van der Waals surface area (Å²) in [6.45, 7) is 10.4. The number of sulfonamides is 1. The Morgan fingerprint density at radius 1 is 1.30 bits per heavy atom. The molecule has 1 rings (SSSR count). The zero-order valence-corrected chi connectivity index (χ0v) is 13.7. The van der Waals surface area contributed by atoms with Crippen molar-refractivity contribution in [3.63, 3.8) is 0 Å². The van der Waals surface area contributed by atoms with Crippen LogP contribution in [0.15, 0.2) is 17.2 Å². The van der Waals surface area contributed by atoms with Crippen LogP contribution in [0, 0.1) is 11.8 Å². The topological polar surface area (TPSA) is 74.0 Å². The summed E-state index contributed by atoms with van der Waals surface area (Å²) in [4.78, 5) is 3.31. The molecule has 20 heavy (non-hydrogen) atoms. The van der Waals surface area contributed by atoms with E-state index in [2.05, 4.69) is 35.8 Å². The van der Waals surface area contributed by atoms with Crippen molar-refractivity contribution >= 4 is 10.0 Å². The van der Waals surface area contributed by atoms with Crippen molar-refractivity contribution < 1.29 is 8.42 Å². The molecule has 0 spiro atoms. The van der Waals surface area contributed by atoms with Crippen LogP contribution >= 0.6 is 0 Å². The average molecular weight is 301 g/mol. The summed E-state index contributed by atoms with van der Waals surface area (Å²) in [7, 11) is -3.41. The molecule has 116 valence electrons. The molecule has 0 aliphatic carbocycles. The van der Waals surface area contributed by atoms with Crippen LogP contribution in [0.2, 0.25) is 0 Å². The van der Waals surface area contributed by atoms with Crippen LogP contribution in [0.25, 0.3) is 0 Å². The highest BCUT2D eigenvalue weighted by Gasteiger charge is 2.17. The monoisotopic (exact) mass is 301 g/mol. The van der Waals surface area contributed by atoms with Crippen molar-refractivity contribution in [2.24, 2.45) is 11.8 Å². The van der Waals surface area contributed by atoms with Gasteiger partial charge >= 0.3 is 0 Å². The molecule has 0 radical (unpaired) electrons. The van der Waals surface area contributed by atoms with Crippen LogP contribution < -0.4 is 10.0 Å². The van der Waals surface area contributed by atoms with Gasteiger partial charge in [-0.1, -0.05) is 27.7 Å². The molecule has 1 aromatic heterocycles. The van der Waals surface area contributed by atoms with Crippen molar-refractivity contribution in [3.05, 3.63) is 18.0 Å². The molecule has 5 nitrogen and oxygen atoms in total. The zero-order valence-electron chi connectivity index (χ0n) is 12.9. The van der Waals surface area contributed by atoms with E-state index in [4.69, 9.17) is 0 Å². The molecule has 0 amide bonds. The molecule has 1 heterocycles. The second-order valence-electron chi connectivity index (χ2n) is 5.61. The molecule has 1 unspecified atom stereocenters. The van der Waals surface area contributed by atoms with E-state index >= 15 is 0 Å². The van der Waals surface area contributed by atoms with Crippen LogP contribution in [0.4, 0.5) is 0 Å². The second-order valence-corrected chi connectivity index (χ2v) is 7.38. The Kier molecular flexibility index (Phi) is 6.71. The molecule has 0 aliphatic heterocycles. The van der Waals surface area contributed by atoms with Gasteiger partial charge in [0.1, 0.15) is 0 Å². The minimum atomic E-state index is -3.41. The number of aromatic nitrogens is 1. The van der Waals surface area contributed by atoms with Crippen LogP contribution in [-0.4, -0.2) is 26.5 Å². The van der Waals surface area contributed by atoms with E-state index in [1.54, 1.807) is 12.3 Å². The molecule has 0 saturated carbocycles. The van der Waals surface area contributed by atoms with Crippen molar-refractivity contribution in [3.8, 4) is 0 Å². The average Bonchev–Trinajstić information content (AvgIpc) is 2.86. The first kappa shape index (κ1) is 17.2. The van der Waals surface area contributed by atoms with E-state index in [9.17, 15) is 8.42 Å². The molecule has 0 fully saturated rings. The molecule has 1 aromatic rings. The van der Waals surface area contributed by atoms with Gasteiger partial charge in [-0.3, -0.25) is 0 Å². The molecular weight excluding hydrogens is 274 g/mol. The Hall–Kier alpha value is -0.850. The first-order chi connectivity index (χ1) is 9.36. The van der Waals surface area contributed by atoms with E-state index in [0.29, 0.717) is 29.8 Å². The summed E-state index contributed by atoms with van der Waals surface area (Å²) in [5.41, 5.74) is 0.885. The van der Waals surface area contributed by atoms with Crippen molar-refractivity contribution in [2.45, 2.75) is 45.6 Å². The van der Waals surface area contributed by atoms with E-state index in [0.717, 1.165) is 18.7 Å². The summed E-state index contributed by atoms with van der Waals surface area (Å²) < 4.78 is 27.0. The quantitative estimate of drug-likeness (QED) is 0.611. The van der Waals surface area contributed by atoms with Gasteiger partial charge in [0.2, 0.25) is 10.0 Å². The summed E-state index contributed by atoms with van der Waals surface area (Å²) in [6.07, 6.45) is 2.60. The lowest BCUT2D eigenvalue weighted by Crippen LogP contribution is -2.30. The van der Waals surface area contributed by atoms with E-state index in [1.165, 1.54) is 0 Å². The Balaban J connectivity index is 2.59. The number of aromatic amines is 1. The molecule has 0 aromatic carbocycles. The largest absolute Gasteiger partial charge is 0.363 e. The summed E-state index contributed by atoms with van der Waals surface area (Å²) in [5.74, 6) is 0.770. The molecular formula is C14H27N3O2S. The maximum Gasteiger partial charge on any atom is 0.242 e. The fourth-order valence-corrected chi connectivity index (χ4v) is 2.80. The Morgan fingerprint density at radius 2 is 2.00 bits per heavy atom. The highest BCUT2D eigenvalue weighted by Crippen LogP contribution is 2.13. The third-order valence-corrected chi connectivity index (χ3v) is 4.91. The van der Waals surface area contributed by atoms with Gasteiger partial charge in [0.15, 0.2) is 0 Å². The van der Waals surface area contributed by atoms with Gasteiger partial charge in [-0.2, -0.15) is 0 Å². The molecule has 0 bridgehead atoms. The number of hydrogen-bond donors (Lipinski definition) is 3. The van der Waals surface area contributed by atoms with Crippen LogP contribution in [0.1, 0.15) is 39.8 Å². The van der Waals surface area contributed by atoms with Gasteiger partial charge in [-0.25, -0.2) is 13.1 Å². The minimum Gasteiger partial charge on any atom is -0.363 e. The number of rotatable bonds is 9. The fourth-order valence-electron chi connectivity index (χ4n) is 1.64. The summed E-state index contributed by atoms with van der Waals surface area (Å²) >= 11 is 0. The Bertz CT molecular complexity index is 494. The van der Waals surface area contributed by atoms with Crippen molar-refractivity contribution in [2.75, 3.05) is 13.1 Å². The van der Waals surface area contributed by atoms with Gasteiger partial charge in [0, 0.05) is 25.0 Å². The molecule has 0 aliphatic rings. The Labute approximate surface area is 122 Å². The highest BCUT2D eigenvalue weighted by atomic mass is 32.2. The standard InChI is InChI=1S/C14H27N3O2S/c1-5-6-15-9-13-7-14(10-16-13)20(18,19)17-8-12(4)11(2)3/h7,10-12,15-17H,5-6,8-9H2,1-4H3. The van der Waals surface area contributed by atoms with Crippen LogP contribution in [0.3, 0.4) is 0 Å². The fraction of sp³-hybridized carbons (Fsp3) is 0.714. The van der Waals surface area contributed by atoms with Crippen LogP contribution in [0.5, 0.6) is 0 Å². The van der Waals surface area contributed by atoms with E-state index < -0.39 is 10.0 Å². The van der Waals surface area contributed by atoms with Gasteiger partial charge < -0.3 is 10.3 Å². The number of hydrogen-bond acceptors (Lipinski definition) is 3. The maximum atomic E-state index is 12.2. The van der Waals surface area contributed by atoms with Gasteiger partial charge in [0.25, 0.3) is 0 Å². The summed E-state index contributed by atoms with van der Waals surface area (Å²) in [5, 5.41) is 3.23. The SMILES string of the molecule is CCCNCc1cc(S(=O)(=O)NCC(C)C(C)C)c[nH]1. The first-order valence-electron chi connectivity index (χ1n) is 7.24. The smallest absolute Gasteiger partial charge is 0.242 e. The van der Waals surface area contributed by atoms with E-state index in [-0.39, 0.29) is 0 Å². The third kappa shape index (κ3) is 5.26. The first-order valence-corrected chi connectivity index (χ1v) is 8.72. The zero-order chi connectivity index (χ0) is 15.2. The molecule has 6 heteroatoms. The minimum absolute atomic E-state index is 0.307. The maximum absolute atomic E-state index is 12.2. The Morgan fingerprint density at radius 3 is 2.60 bits per heavy atom.